The molecule has 1 aromatic heterocycles. The number of nitrogen functional groups attached to an aromatic ring is 1. The minimum atomic E-state index is -1.35. The minimum absolute atomic E-state index is 0.0330. The van der Waals surface area contributed by atoms with E-state index >= 15 is 0 Å². The van der Waals surface area contributed by atoms with Crippen molar-refractivity contribution in [2.45, 2.75) is 24.5 Å². The first-order valence-electron chi connectivity index (χ1n) is 6.12. The van der Waals surface area contributed by atoms with E-state index in [1.807, 2.05) is 0 Å². The van der Waals surface area contributed by atoms with Crippen molar-refractivity contribution in [1.29, 1.82) is 0 Å². The normalized spacial score (nSPS) is 28.7. The third kappa shape index (κ3) is 3.36. The Morgan fingerprint density at radius 2 is 2.19 bits per heavy atom. The molecule has 0 aliphatic carbocycles. The molecule has 1 aliphatic heterocycles. The third-order valence-corrected chi connectivity index (χ3v) is 2.99. The van der Waals surface area contributed by atoms with Gasteiger partial charge in [-0.2, -0.15) is 4.98 Å². The van der Waals surface area contributed by atoms with Crippen LogP contribution in [0.2, 0.25) is 0 Å². The molecule has 116 valence electrons. The summed E-state index contributed by atoms with van der Waals surface area (Å²) < 4.78 is 11.3. The van der Waals surface area contributed by atoms with E-state index in [0.717, 1.165) is 4.57 Å². The molecule has 4 atom stereocenters. The van der Waals surface area contributed by atoms with Crippen molar-refractivity contribution in [3.63, 3.8) is 0 Å². The van der Waals surface area contributed by atoms with Crippen molar-refractivity contribution in [2.75, 3.05) is 18.9 Å². The molecule has 0 unspecified atom stereocenters. The van der Waals surface area contributed by atoms with Gasteiger partial charge in [-0.25, -0.2) is 4.79 Å². The lowest BCUT2D eigenvalue weighted by atomic mass is 10.1. The Labute approximate surface area is 118 Å². The first-order chi connectivity index (χ1) is 9.90. The van der Waals surface area contributed by atoms with Gasteiger partial charge in [-0.1, -0.05) is 0 Å². The smallest absolute Gasteiger partial charge is 0.351 e. The number of carbonyl (C=O) groups is 1. The Kier molecular flexibility index (Phi) is 4.53. The summed E-state index contributed by atoms with van der Waals surface area (Å²) in [7, 11) is 0. The molecule has 10 heteroatoms. The van der Waals surface area contributed by atoms with Crippen LogP contribution in [-0.4, -0.2) is 57.2 Å². The van der Waals surface area contributed by atoms with Crippen LogP contribution >= 0.6 is 0 Å². The highest BCUT2D eigenvalue weighted by Crippen LogP contribution is 2.28. The molecule has 2 heterocycles. The highest BCUT2D eigenvalue weighted by molar-refractivity contribution is 5.74. The van der Waals surface area contributed by atoms with Crippen LogP contribution in [-0.2, 0) is 14.3 Å². The maximum Gasteiger partial charge on any atom is 0.351 e. The molecule has 1 saturated heterocycles. The van der Waals surface area contributed by atoms with Crippen LogP contribution in [0.3, 0.4) is 0 Å². The zero-order valence-corrected chi connectivity index (χ0v) is 11.0. The van der Waals surface area contributed by atoms with Gasteiger partial charge >= 0.3 is 5.69 Å². The zero-order chi connectivity index (χ0) is 15.6. The van der Waals surface area contributed by atoms with Gasteiger partial charge in [0.1, 0.15) is 30.7 Å². The molecule has 1 amide bonds. The predicted molar refractivity (Wildman–Crippen MR) is 68.8 cm³/mol. The van der Waals surface area contributed by atoms with E-state index in [0.29, 0.717) is 0 Å². The van der Waals surface area contributed by atoms with Crippen molar-refractivity contribution >= 4 is 11.7 Å². The van der Waals surface area contributed by atoms with E-state index in [1.54, 1.807) is 0 Å². The molecule has 0 bridgehead atoms. The maximum atomic E-state index is 11.7. The lowest BCUT2D eigenvalue weighted by Crippen LogP contribution is -2.36. The molecule has 0 spiro atoms. The number of rotatable bonds is 5. The molecular formula is C11H16N4O6. The van der Waals surface area contributed by atoms with E-state index in [-0.39, 0.29) is 19.0 Å². The van der Waals surface area contributed by atoms with Crippen LogP contribution in [0.15, 0.2) is 17.1 Å². The molecule has 2 rings (SSSR count). The van der Waals surface area contributed by atoms with Gasteiger partial charge < -0.3 is 31.2 Å². The van der Waals surface area contributed by atoms with Crippen LogP contribution in [0, 0.1) is 0 Å². The van der Waals surface area contributed by atoms with Gasteiger partial charge in [-0.15, -0.1) is 0 Å². The van der Waals surface area contributed by atoms with E-state index in [9.17, 15) is 19.8 Å². The number of nitrogens with two attached hydrogens (primary N) is 2. The van der Waals surface area contributed by atoms with Gasteiger partial charge in [-0.3, -0.25) is 9.36 Å². The average Bonchev–Trinajstić information content (AvgIpc) is 2.67. The monoisotopic (exact) mass is 300 g/mol. The molecule has 0 saturated carbocycles. The molecule has 0 aromatic carbocycles. The van der Waals surface area contributed by atoms with Crippen molar-refractivity contribution in [3.05, 3.63) is 22.7 Å². The largest absolute Gasteiger partial charge is 0.387 e. The van der Waals surface area contributed by atoms with Crippen LogP contribution in [0.4, 0.5) is 5.82 Å². The number of aliphatic hydroxyl groups is 2. The summed E-state index contributed by atoms with van der Waals surface area (Å²) in [6.07, 6.45) is -3.36. The lowest BCUT2D eigenvalue weighted by molar-refractivity contribution is -0.125. The van der Waals surface area contributed by atoms with Gasteiger partial charge in [0.25, 0.3) is 0 Å². The average molecular weight is 300 g/mol. The Balaban J connectivity index is 2.08. The molecule has 6 N–H and O–H groups in total. The second-order valence-electron chi connectivity index (χ2n) is 4.57. The van der Waals surface area contributed by atoms with E-state index in [1.165, 1.54) is 12.3 Å². The number of carbonyl (C=O) groups excluding carboxylic acids is 1. The van der Waals surface area contributed by atoms with Crippen molar-refractivity contribution in [3.8, 4) is 0 Å². The summed E-state index contributed by atoms with van der Waals surface area (Å²) in [6.45, 7) is -0.495. The fraction of sp³-hybridized carbons (Fsp3) is 0.545. The van der Waals surface area contributed by atoms with Gasteiger partial charge in [0.05, 0.1) is 6.61 Å². The van der Waals surface area contributed by atoms with Crippen molar-refractivity contribution in [2.24, 2.45) is 5.73 Å². The summed E-state index contributed by atoms with van der Waals surface area (Å²) in [4.78, 5) is 25.8. The third-order valence-electron chi connectivity index (χ3n) is 2.99. The number of nitrogens with zero attached hydrogens (tertiary/aromatic N) is 2. The maximum absolute atomic E-state index is 11.7. The summed E-state index contributed by atoms with van der Waals surface area (Å²) >= 11 is 0. The van der Waals surface area contributed by atoms with Crippen LogP contribution < -0.4 is 17.2 Å². The first-order valence-corrected chi connectivity index (χ1v) is 6.12. The van der Waals surface area contributed by atoms with E-state index < -0.39 is 36.1 Å². The molecule has 1 aliphatic rings. The van der Waals surface area contributed by atoms with Gasteiger partial charge in [0.15, 0.2) is 6.23 Å². The molecular weight excluding hydrogens is 284 g/mol. The van der Waals surface area contributed by atoms with Gasteiger partial charge in [-0.05, 0) is 6.07 Å². The first kappa shape index (κ1) is 15.4. The topological polar surface area (TPSA) is 163 Å². The van der Waals surface area contributed by atoms with Crippen molar-refractivity contribution < 1.29 is 24.5 Å². The molecule has 1 fully saturated rings. The van der Waals surface area contributed by atoms with E-state index in [4.69, 9.17) is 20.9 Å². The number of anilines is 1. The Bertz CT molecular complexity index is 576. The standard InChI is InChI=1S/C11H16N4O6/c12-6-1-2-15(11(19)14-6)10-9(18)8(17)5(21-10)3-20-4-7(13)16/h1-2,5,8-10,17-18H,3-4H2,(H2,13,16)(H2,12,14,19)/t5-,8-,9-,10-/m1/s1. The fourth-order valence-electron chi connectivity index (χ4n) is 1.99. The lowest BCUT2D eigenvalue weighted by Gasteiger charge is -2.16. The van der Waals surface area contributed by atoms with Crippen LogP contribution in [0.25, 0.3) is 0 Å². The molecule has 21 heavy (non-hydrogen) atoms. The number of aliphatic hydroxyl groups excluding tert-OH is 2. The second kappa shape index (κ2) is 6.18. The van der Waals surface area contributed by atoms with Crippen LogP contribution in [0.1, 0.15) is 6.23 Å². The van der Waals surface area contributed by atoms with Crippen molar-refractivity contribution in [1.82, 2.24) is 9.55 Å². The number of primary amides is 1. The van der Waals surface area contributed by atoms with Gasteiger partial charge in [0.2, 0.25) is 5.91 Å². The number of aromatic nitrogens is 2. The SMILES string of the molecule is NC(=O)COC[C@H]1O[C@@H](n2ccc(N)nc2=O)[C@H](O)[C@@H]1O. The quantitative estimate of drug-likeness (QED) is 0.445. The Morgan fingerprint density at radius 1 is 1.48 bits per heavy atom. The highest BCUT2D eigenvalue weighted by atomic mass is 16.6. The minimum Gasteiger partial charge on any atom is -0.387 e. The molecule has 1 aromatic rings. The summed E-state index contributed by atoms with van der Waals surface area (Å²) in [5, 5.41) is 19.8. The Hall–Kier alpha value is -2.01. The Morgan fingerprint density at radius 3 is 2.81 bits per heavy atom. The second-order valence-corrected chi connectivity index (χ2v) is 4.57. The molecule has 10 nitrogen and oxygen atoms in total. The number of hydrogen-bond acceptors (Lipinski definition) is 8. The predicted octanol–water partition coefficient (Wildman–Crippen LogP) is -3.05. The fourth-order valence-corrected chi connectivity index (χ4v) is 1.99. The number of ether oxygens (including phenoxy) is 2. The van der Waals surface area contributed by atoms with Crippen LogP contribution in [0.5, 0.6) is 0 Å². The zero-order valence-electron chi connectivity index (χ0n) is 11.0. The summed E-state index contributed by atoms with van der Waals surface area (Å²) in [6, 6.07) is 1.36. The van der Waals surface area contributed by atoms with E-state index in [2.05, 4.69) is 4.98 Å². The highest BCUT2D eigenvalue weighted by Gasteiger charge is 2.44. The summed E-state index contributed by atoms with van der Waals surface area (Å²) in [5.74, 6) is -0.635. The number of amides is 1. The molecule has 0 radical (unpaired) electrons. The summed E-state index contributed by atoms with van der Waals surface area (Å²) in [5.41, 5.74) is 9.56. The van der Waals surface area contributed by atoms with Gasteiger partial charge in [0, 0.05) is 6.20 Å². The number of hydrogen-bond donors (Lipinski definition) is 4.